The number of aryl methyl sites for hydroxylation is 1. The smallest absolute Gasteiger partial charge is 0.744 e. The van der Waals surface area contributed by atoms with Gasteiger partial charge in [-0.15, -0.1) is 0 Å². The standard InChI is InChI=1S/C38H32N4O3S.Na/c1-26-25-35(21-24-37(26)39)42-33-17-11-29(12-18-33)38(27-7-13-31(14-8-27)40-30-5-3-2-4-6-30)28-9-15-32(16-10-28)41-34-19-22-36(23-20-34)46(43,44)45;/h2-25,40,42H,39H2,1H3,(H,43,44,45);/q;+1/p-1. The first-order chi connectivity index (χ1) is 22.2. The molecule has 1 aliphatic carbocycles. The molecule has 1 aliphatic rings. The summed E-state index contributed by atoms with van der Waals surface area (Å²) in [6, 6.07) is 38.2. The molecule has 6 rings (SSSR count). The predicted molar refractivity (Wildman–Crippen MR) is 187 cm³/mol. The van der Waals surface area contributed by atoms with Crippen molar-refractivity contribution in [1.29, 1.82) is 0 Å². The normalized spacial score (nSPS) is 12.3. The van der Waals surface area contributed by atoms with Gasteiger partial charge in [-0.3, -0.25) is 0 Å². The van der Waals surface area contributed by atoms with E-state index in [1.807, 2.05) is 79.8 Å². The third-order valence-corrected chi connectivity index (χ3v) is 8.36. The second-order valence-corrected chi connectivity index (χ2v) is 12.2. The maximum atomic E-state index is 11.3. The van der Waals surface area contributed by atoms with E-state index in [-0.39, 0.29) is 34.5 Å². The van der Waals surface area contributed by atoms with Crippen LogP contribution in [0.5, 0.6) is 0 Å². The van der Waals surface area contributed by atoms with E-state index in [4.69, 9.17) is 5.73 Å². The van der Waals surface area contributed by atoms with E-state index in [0.717, 1.165) is 56.3 Å². The molecule has 0 atom stereocenters. The zero-order valence-corrected chi connectivity index (χ0v) is 28.8. The second kappa shape index (κ2) is 14.8. The molecule has 7 nitrogen and oxygen atoms in total. The molecule has 0 radical (unpaired) electrons. The molecular weight excluding hydrogens is 616 g/mol. The number of para-hydroxylation sites is 1. The van der Waals surface area contributed by atoms with Crippen LogP contribution in [0.2, 0.25) is 0 Å². The average molecular weight is 647 g/mol. The van der Waals surface area contributed by atoms with E-state index in [2.05, 4.69) is 64.2 Å². The SMILES string of the molecule is Cc1cc(Nc2ccc(C(=C3C=CC(=Nc4ccc(S(=O)(=O)[O-])cc4)C=C3)c3ccc(Nc4ccccc4)cc3)cc2)ccc1N.[Na+]. The van der Waals surface area contributed by atoms with Crippen molar-refractivity contribution in [2.45, 2.75) is 11.8 Å². The van der Waals surface area contributed by atoms with Gasteiger partial charge in [0.05, 0.1) is 16.3 Å². The number of hydrogen-bond acceptors (Lipinski definition) is 7. The van der Waals surface area contributed by atoms with Crippen LogP contribution >= 0.6 is 0 Å². The van der Waals surface area contributed by atoms with Crippen molar-refractivity contribution >= 4 is 55.5 Å². The minimum atomic E-state index is -4.51. The molecule has 0 saturated carbocycles. The van der Waals surface area contributed by atoms with Crippen molar-refractivity contribution in [1.82, 2.24) is 0 Å². The summed E-state index contributed by atoms with van der Waals surface area (Å²) in [6.45, 7) is 1.99. The molecular formula is C38H31N4NaO3S. The number of anilines is 5. The minimum absolute atomic E-state index is 0. The number of nitrogens with two attached hydrogens (primary N) is 1. The van der Waals surface area contributed by atoms with E-state index >= 15 is 0 Å². The molecule has 0 fully saturated rings. The molecule has 0 spiro atoms. The first-order valence-electron chi connectivity index (χ1n) is 14.6. The maximum absolute atomic E-state index is 11.3. The van der Waals surface area contributed by atoms with Gasteiger partial charge in [-0.1, -0.05) is 54.6 Å². The van der Waals surface area contributed by atoms with Gasteiger partial charge < -0.3 is 20.9 Å². The zero-order valence-electron chi connectivity index (χ0n) is 26.0. The van der Waals surface area contributed by atoms with Crippen LogP contribution in [0.25, 0.3) is 5.57 Å². The summed E-state index contributed by atoms with van der Waals surface area (Å²) in [5.41, 5.74) is 17.1. The monoisotopic (exact) mass is 646 g/mol. The van der Waals surface area contributed by atoms with Crippen LogP contribution in [0.3, 0.4) is 0 Å². The predicted octanol–water partition coefficient (Wildman–Crippen LogP) is 5.67. The first-order valence-corrected chi connectivity index (χ1v) is 16.0. The maximum Gasteiger partial charge on any atom is 1.00 e. The van der Waals surface area contributed by atoms with Gasteiger partial charge in [0.25, 0.3) is 0 Å². The van der Waals surface area contributed by atoms with Crippen molar-refractivity contribution in [3.63, 3.8) is 0 Å². The molecule has 9 heteroatoms. The Bertz CT molecular complexity index is 2090. The van der Waals surface area contributed by atoms with Crippen LogP contribution in [0.15, 0.2) is 161 Å². The Kier molecular flexibility index (Phi) is 10.6. The Balaban J connectivity index is 0.00000433. The Morgan fingerprint density at radius 2 is 1.17 bits per heavy atom. The van der Waals surface area contributed by atoms with Crippen molar-refractivity contribution in [2.75, 3.05) is 16.4 Å². The van der Waals surface area contributed by atoms with Crippen LogP contribution in [0, 0.1) is 6.92 Å². The summed E-state index contributed by atoms with van der Waals surface area (Å²) < 4.78 is 33.8. The molecule has 0 aromatic heterocycles. The molecule has 0 heterocycles. The van der Waals surface area contributed by atoms with Crippen molar-refractivity contribution in [3.8, 4) is 0 Å². The topological polar surface area (TPSA) is 120 Å². The zero-order chi connectivity index (χ0) is 32.1. The van der Waals surface area contributed by atoms with E-state index in [1.54, 1.807) is 0 Å². The molecule has 5 aromatic carbocycles. The Morgan fingerprint density at radius 1 is 0.660 bits per heavy atom. The van der Waals surface area contributed by atoms with Crippen molar-refractivity contribution in [3.05, 3.63) is 168 Å². The number of allylic oxidation sites excluding steroid dienone is 5. The first kappa shape index (κ1) is 33.7. The van der Waals surface area contributed by atoms with Crippen molar-refractivity contribution in [2.24, 2.45) is 4.99 Å². The van der Waals surface area contributed by atoms with Gasteiger partial charge >= 0.3 is 29.6 Å². The van der Waals surface area contributed by atoms with E-state index in [0.29, 0.717) is 11.4 Å². The minimum Gasteiger partial charge on any atom is -0.744 e. The fourth-order valence-corrected chi connectivity index (χ4v) is 5.56. The summed E-state index contributed by atoms with van der Waals surface area (Å²) >= 11 is 0. The van der Waals surface area contributed by atoms with Gasteiger partial charge in [0.15, 0.2) is 0 Å². The van der Waals surface area contributed by atoms with Crippen molar-refractivity contribution < 1.29 is 42.5 Å². The van der Waals surface area contributed by atoms with Crippen LogP contribution in [-0.4, -0.2) is 18.7 Å². The Hall–Kier alpha value is -4.70. The molecule has 0 amide bonds. The number of nitrogen functional groups attached to an aromatic ring is 1. The van der Waals surface area contributed by atoms with Gasteiger partial charge in [-0.05, 0) is 126 Å². The fraction of sp³-hybridized carbons (Fsp3) is 0.0263. The van der Waals surface area contributed by atoms with E-state index in [9.17, 15) is 13.0 Å². The van der Waals surface area contributed by atoms with Gasteiger partial charge in [0.2, 0.25) is 0 Å². The molecule has 0 bridgehead atoms. The van der Waals surface area contributed by atoms with Gasteiger partial charge in [0.1, 0.15) is 10.1 Å². The number of benzene rings is 5. The fourth-order valence-electron chi connectivity index (χ4n) is 5.09. The Morgan fingerprint density at radius 3 is 1.70 bits per heavy atom. The molecule has 0 saturated heterocycles. The average Bonchev–Trinajstić information content (AvgIpc) is 3.06. The van der Waals surface area contributed by atoms with Gasteiger partial charge in [-0.25, -0.2) is 13.4 Å². The Labute approximate surface area is 297 Å². The molecule has 0 aliphatic heterocycles. The van der Waals surface area contributed by atoms with Gasteiger partial charge in [-0.2, -0.15) is 0 Å². The number of hydrogen-bond donors (Lipinski definition) is 3. The summed E-state index contributed by atoms with van der Waals surface area (Å²) in [5.74, 6) is 0. The third kappa shape index (κ3) is 8.56. The molecule has 0 unspecified atom stereocenters. The number of nitrogens with zero attached hydrogens (tertiary/aromatic N) is 1. The van der Waals surface area contributed by atoms with E-state index < -0.39 is 10.1 Å². The number of nitrogens with one attached hydrogen (secondary N) is 2. The van der Waals surface area contributed by atoms with Crippen LogP contribution in [-0.2, 0) is 10.1 Å². The summed E-state index contributed by atoms with van der Waals surface area (Å²) in [5, 5.41) is 6.90. The van der Waals surface area contributed by atoms with Crippen LogP contribution in [0.4, 0.5) is 34.1 Å². The third-order valence-electron chi connectivity index (χ3n) is 7.51. The van der Waals surface area contributed by atoms with Gasteiger partial charge in [0, 0.05) is 28.4 Å². The largest absolute Gasteiger partial charge is 1.00 e. The van der Waals surface area contributed by atoms with Crippen LogP contribution in [0.1, 0.15) is 16.7 Å². The summed E-state index contributed by atoms with van der Waals surface area (Å²) in [4.78, 5) is 4.31. The molecule has 228 valence electrons. The summed E-state index contributed by atoms with van der Waals surface area (Å²) in [7, 11) is -4.51. The van der Waals surface area contributed by atoms with Crippen LogP contribution < -0.4 is 45.9 Å². The van der Waals surface area contributed by atoms with E-state index in [1.165, 1.54) is 24.3 Å². The molecule has 47 heavy (non-hydrogen) atoms. The molecule has 4 N–H and O–H groups in total. The number of rotatable bonds is 8. The molecule has 5 aromatic rings. The quantitative estimate of drug-likeness (QED) is 0.114. The number of aliphatic imine (C=N–C) groups is 1. The second-order valence-electron chi connectivity index (χ2n) is 10.8. The summed E-state index contributed by atoms with van der Waals surface area (Å²) in [6.07, 6.45) is 7.87.